The second-order valence-corrected chi connectivity index (χ2v) is 11.6. The maximum Gasteiger partial charge on any atom is 0.223 e. The first-order chi connectivity index (χ1) is 18.2. The zero-order chi connectivity index (χ0) is 28.1. The summed E-state index contributed by atoms with van der Waals surface area (Å²) in [5.74, 6) is 1.54. The zero-order valence-electron chi connectivity index (χ0n) is 24.7. The van der Waals surface area contributed by atoms with Gasteiger partial charge in [-0.1, -0.05) is 46.8 Å². The van der Waals surface area contributed by atoms with Crippen molar-refractivity contribution in [3.8, 4) is 5.75 Å². The highest BCUT2D eigenvalue weighted by Crippen LogP contribution is 2.29. The first kappa shape index (κ1) is 32.5. The summed E-state index contributed by atoms with van der Waals surface area (Å²) in [6.45, 7) is 13.3. The topological polar surface area (TPSA) is 103 Å². The van der Waals surface area contributed by atoms with E-state index < -0.39 is 6.10 Å². The van der Waals surface area contributed by atoms with Crippen LogP contribution in [0.1, 0.15) is 77.8 Å². The highest BCUT2D eigenvalue weighted by atomic mass is 16.5. The molecular weight excluding hydrogens is 480 g/mol. The van der Waals surface area contributed by atoms with E-state index in [0.29, 0.717) is 51.1 Å². The van der Waals surface area contributed by atoms with Crippen molar-refractivity contribution in [3.05, 3.63) is 29.3 Å². The number of nitrogens with one attached hydrogen (secondary N) is 1. The van der Waals surface area contributed by atoms with E-state index in [2.05, 4.69) is 44.3 Å². The monoisotopic (exact) mass is 534 g/mol. The van der Waals surface area contributed by atoms with Crippen molar-refractivity contribution in [3.63, 3.8) is 0 Å². The van der Waals surface area contributed by atoms with Gasteiger partial charge in [-0.3, -0.25) is 4.79 Å². The molecule has 1 aromatic rings. The molecule has 0 radical (unpaired) electrons. The molecule has 4 N–H and O–H groups in total. The Morgan fingerprint density at radius 3 is 2.45 bits per heavy atom. The molecule has 7 nitrogen and oxygen atoms in total. The number of nitrogens with two attached hydrogens (primary N) is 1. The summed E-state index contributed by atoms with van der Waals surface area (Å²) in [7, 11) is 1.71. The Kier molecular flexibility index (Phi) is 14.7. The minimum absolute atomic E-state index is 0.0209. The van der Waals surface area contributed by atoms with Crippen LogP contribution >= 0.6 is 0 Å². The van der Waals surface area contributed by atoms with Crippen LogP contribution in [0.5, 0.6) is 5.75 Å². The van der Waals surface area contributed by atoms with Crippen molar-refractivity contribution in [1.29, 1.82) is 0 Å². The quantitative estimate of drug-likeness (QED) is 0.254. The molecule has 0 aliphatic carbocycles. The highest BCUT2D eigenvalue weighted by molar-refractivity contribution is 5.79. The standard InChI is InChI=1S/C31H54N2O5/c1-7-24-10-9-23(18-30(24)38-14-8-13-36-6)17-25(21(2)3)19-28(32)29(34)20-27(22(4)5)31(35)33-26-11-15-37-16-12-26/h9-10,18,21-22,25-29,34H,7-8,11-17,19-20,32H2,1-6H3,(H,33,35)/t25-,27-,28-,29-/m0/s1. The number of hydrogen-bond acceptors (Lipinski definition) is 6. The third-order valence-corrected chi connectivity index (χ3v) is 7.98. The number of hydrogen-bond donors (Lipinski definition) is 3. The lowest BCUT2D eigenvalue weighted by molar-refractivity contribution is -0.129. The lowest BCUT2D eigenvalue weighted by Gasteiger charge is -2.31. The van der Waals surface area contributed by atoms with Gasteiger partial charge >= 0.3 is 0 Å². The number of methoxy groups -OCH3 is 1. The minimum Gasteiger partial charge on any atom is -0.493 e. The predicted octanol–water partition coefficient (Wildman–Crippen LogP) is 4.51. The van der Waals surface area contributed by atoms with Gasteiger partial charge in [0.15, 0.2) is 0 Å². The van der Waals surface area contributed by atoms with Gasteiger partial charge in [0.2, 0.25) is 5.91 Å². The summed E-state index contributed by atoms with van der Waals surface area (Å²) in [5, 5.41) is 14.3. The molecule has 0 saturated carbocycles. The summed E-state index contributed by atoms with van der Waals surface area (Å²) in [6, 6.07) is 6.28. The molecule has 0 spiro atoms. The lowest BCUT2D eigenvalue weighted by atomic mass is 9.80. The van der Waals surface area contributed by atoms with Crippen molar-refractivity contribution in [2.45, 2.75) is 97.8 Å². The lowest BCUT2D eigenvalue weighted by Crippen LogP contribution is -2.46. The fourth-order valence-corrected chi connectivity index (χ4v) is 5.21. The maximum absolute atomic E-state index is 13.1. The van der Waals surface area contributed by atoms with Crippen LogP contribution in [0.3, 0.4) is 0 Å². The van der Waals surface area contributed by atoms with Crippen LogP contribution in [0.2, 0.25) is 0 Å². The van der Waals surface area contributed by atoms with E-state index in [1.165, 1.54) is 11.1 Å². The average molecular weight is 535 g/mol. The van der Waals surface area contributed by atoms with Gasteiger partial charge in [0, 0.05) is 51.4 Å². The fraction of sp³-hybridized carbons (Fsp3) is 0.774. The second kappa shape index (κ2) is 17.1. The smallest absolute Gasteiger partial charge is 0.223 e. The molecule has 2 rings (SSSR count). The van der Waals surface area contributed by atoms with Gasteiger partial charge in [-0.25, -0.2) is 0 Å². The van der Waals surface area contributed by atoms with Gasteiger partial charge in [0.25, 0.3) is 0 Å². The number of rotatable bonds is 17. The summed E-state index contributed by atoms with van der Waals surface area (Å²) in [5.41, 5.74) is 9.01. The number of amides is 1. The van der Waals surface area contributed by atoms with Crippen molar-refractivity contribution in [2.24, 2.45) is 29.4 Å². The molecule has 1 saturated heterocycles. The third-order valence-electron chi connectivity index (χ3n) is 7.98. The predicted molar refractivity (Wildman–Crippen MR) is 153 cm³/mol. The summed E-state index contributed by atoms with van der Waals surface area (Å²) < 4.78 is 16.6. The Labute approximate surface area is 231 Å². The van der Waals surface area contributed by atoms with E-state index in [1.807, 2.05) is 13.8 Å². The van der Waals surface area contributed by atoms with E-state index >= 15 is 0 Å². The summed E-state index contributed by atoms with van der Waals surface area (Å²) >= 11 is 0. The first-order valence-corrected chi connectivity index (χ1v) is 14.7. The number of carbonyl (C=O) groups excluding carboxylic acids is 1. The molecule has 4 atom stereocenters. The molecule has 0 unspecified atom stereocenters. The molecule has 1 amide bonds. The molecule has 38 heavy (non-hydrogen) atoms. The van der Waals surface area contributed by atoms with Gasteiger partial charge in [0.1, 0.15) is 5.75 Å². The molecule has 1 fully saturated rings. The van der Waals surface area contributed by atoms with Crippen LogP contribution in [0.4, 0.5) is 0 Å². The molecule has 1 aromatic carbocycles. The minimum atomic E-state index is -0.730. The Hall–Kier alpha value is -1.67. The van der Waals surface area contributed by atoms with E-state index in [1.54, 1.807) is 7.11 Å². The fourth-order valence-electron chi connectivity index (χ4n) is 5.21. The van der Waals surface area contributed by atoms with Crippen molar-refractivity contribution >= 4 is 5.91 Å². The zero-order valence-corrected chi connectivity index (χ0v) is 24.7. The molecule has 1 aliphatic rings. The number of aliphatic hydroxyl groups is 1. The summed E-state index contributed by atoms with van der Waals surface area (Å²) in [6.07, 6.45) is 4.68. The first-order valence-electron chi connectivity index (χ1n) is 14.7. The van der Waals surface area contributed by atoms with Crippen LogP contribution in [-0.2, 0) is 27.1 Å². The average Bonchev–Trinajstić information content (AvgIpc) is 2.89. The number of carbonyl (C=O) groups is 1. The van der Waals surface area contributed by atoms with E-state index in [9.17, 15) is 9.90 Å². The highest BCUT2D eigenvalue weighted by Gasteiger charge is 2.31. The van der Waals surface area contributed by atoms with Crippen molar-refractivity contribution < 1.29 is 24.1 Å². The van der Waals surface area contributed by atoms with Gasteiger partial charge in [-0.15, -0.1) is 0 Å². The SMILES string of the molecule is CCc1ccc(C[C@@H](C[C@H](N)[C@@H](O)C[C@H](C(=O)NC2CCOCC2)C(C)C)C(C)C)cc1OCCCOC. The number of aryl methyl sites for hydroxylation is 1. The second-order valence-electron chi connectivity index (χ2n) is 11.6. The number of benzene rings is 1. The molecule has 1 aliphatic heterocycles. The number of ether oxygens (including phenoxy) is 3. The molecule has 1 heterocycles. The Bertz CT molecular complexity index is 809. The Balaban J connectivity index is 2.00. The van der Waals surface area contributed by atoms with E-state index in [-0.39, 0.29) is 29.8 Å². The van der Waals surface area contributed by atoms with Crippen molar-refractivity contribution in [2.75, 3.05) is 33.5 Å². The van der Waals surface area contributed by atoms with Gasteiger partial charge in [0.05, 0.1) is 12.7 Å². The molecular formula is C31H54N2O5. The van der Waals surface area contributed by atoms with Gasteiger partial charge in [-0.2, -0.15) is 0 Å². The van der Waals surface area contributed by atoms with Gasteiger partial charge in [-0.05, 0) is 73.5 Å². The summed E-state index contributed by atoms with van der Waals surface area (Å²) in [4.78, 5) is 13.1. The molecule has 0 aromatic heterocycles. The molecule has 0 bridgehead atoms. The van der Waals surface area contributed by atoms with Gasteiger partial charge < -0.3 is 30.4 Å². The maximum atomic E-state index is 13.1. The van der Waals surface area contributed by atoms with Crippen LogP contribution < -0.4 is 15.8 Å². The Morgan fingerprint density at radius 1 is 1.13 bits per heavy atom. The third kappa shape index (κ3) is 10.8. The van der Waals surface area contributed by atoms with Crippen LogP contribution in [0.15, 0.2) is 18.2 Å². The largest absolute Gasteiger partial charge is 0.493 e. The molecule has 7 heteroatoms. The van der Waals surface area contributed by atoms with E-state index in [0.717, 1.165) is 37.9 Å². The van der Waals surface area contributed by atoms with Crippen molar-refractivity contribution in [1.82, 2.24) is 5.32 Å². The van der Waals surface area contributed by atoms with Crippen LogP contribution in [0.25, 0.3) is 0 Å². The Morgan fingerprint density at radius 2 is 1.84 bits per heavy atom. The molecule has 218 valence electrons. The van der Waals surface area contributed by atoms with E-state index in [4.69, 9.17) is 19.9 Å². The van der Waals surface area contributed by atoms with Crippen LogP contribution in [0, 0.1) is 23.7 Å². The van der Waals surface area contributed by atoms with Crippen LogP contribution in [-0.4, -0.2) is 62.7 Å². The normalized spacial score (nSPS) is 17.8. The number of aliphatic hydroxyl groups excluding tert-OH is 1.